The number of esters is 1. The highest BCUT2D eigenvalue weighted by Gasteiger charge is 2.50. The fourth-order valence-electron chi connectivity index (χ4n) is 6.27. The number of nitrogens with one attached hydrogen (secondary N) is 2. The van der Waals surface area contributed by atoms with Crippen molar-refractivity contribution in [1.29, 1.82) is 0 Å². The highest BCUT2D eigenvalue weighted by atomic mass is 19.4. The Morgan fingerprint density at radius 2 is 1.51 bits per heavy atom. The van der Waals surface area contributed by atoms with Gasteiger partial charge in [0, 0.05) is 18.8 Å². The maximum Gasteiger partial charge on any atom is 0.430 e. The van der Waals surface area contributed by atoms with E-state index in [0.29, 0.717) is 23.6 Å². The molecule has 0 aliphatic carbocycles. The Morgan fingerprint density at radius 3 is 2.00 bits per heavy atom. The summed E-state index contributed by atoms with van der Waals surface area (Å²) in [6.07, 6.45) is -0.324. The SMILES string of the molecule is O=C(NCC[N+]12CCC(CC1)[C@@H](OC(=O)C(O)(c1ccccc1)c1ccccc1)C2)[C@H]1CCCCN1.O=C([O-])C(F)(F)F. The number of alkyl halides is 3. The number of rotatable bonds is 8. The van der Waals surface area contributed by atoms with Gasteiger partial charge in [0.2, 0.25) is 11.5 Å². The predicted octanol–water partition coefficient (Wildman–Crippen LogP) is 1.63. The van der Waals surface area contributed by atoms with Gasteiger partial charge in [-0.2, -0.15) is 13.2 Å². The van der Waals surface area contributed by atoms with Gasteiger partial charge in [0.05, 0.1) is 32.2 Å². The van der Waals surface area contributed by atoms with Crippen molar-refractivity contribution < 1.29 is 47.0 Å². The third kappa shape index (κ3) is 7.92. The van der Waals surface area contributed by atoms with Crippen LogP contribution in [0.4, 0.5) is 13.2 Å². The number of benzene rings is 2. The first-order valence-corrected chi connectivity index (χ1v) is 14.6. The van der Waals surface area contributed by atoms with E-state index in [-0.39, 0.29) is 18.1 Å². The summed E-state index contributed by atoms with van der Waals surface area (Å²) in [7, 11) is 0. The lowest BCUT2D eigenvalue weighted by Gasteiger charge is -2.52. The molecule has 12 heteroatoms. The van der Waals surface area contributed by atoms with Crippen LogP contribution in [-0.4, -0.2) is 85.0 Å². The number of carbonyl (C=O) groups is 3. The van der Waals surface area contributed by atoms with Gasteiger partial charge in [0.1, 0.15) is 12.5 Å². The summed E-state index contributed by atoms with van der Waals surface area (Å²) in [5, 5.41) is 27.0. The number of fused-ring (bicyclic) bond motifs is 3. The minimum atomic E-state index is -5.19. The van der Waals surface area contributed by atoms with Crippen molar-refractivity contribution in [1.82, 2.24) is 10.6 Å². The second-order valence-electron chi connectivity index (χ2n) is 11.5. The number of nitrogens with zero attached hydrogens (tertiary/aromatic N) is 1. The van der Waals surface area contributed by atoms with Gasteiger partial charge in [-0.25, -0.2) is 4.79 Å². The number of carboxylic acids is 1. The van der Waals surface area contributed by atoms with Crippen molar-refractivity contribution in [2.45, 2.75) is 56.0 Å². The van der Waals surface area contributed by atoms with Crippen molar-refractivity contribution in [2.24, 2.45) is 5.92 Å². The Bertz CT molecular complexity index is 1190. The monoisotopic (exact) mass is 605 g/mol. The molecule has 234 valence electrons. The molecular formula is C31H38F3N3O6. The van der Waals surface area contributed by atoms with Crippen LogP contribution in [0.3, 0.4) is 0 Å². The molecule has 3 N–H and O–H groups in total. The lowest BCUT2D eigenvalue weighted by Crippen LogP contribution is -2.66. The second kappa shape index (κ2) is 13.9. The summed E-state index contributed by atoms with van der Waals surface area (Å²) < 4.78 is 38.5. The van der Waals surface area contributed by atoms with E-state index < -0.39 is 23.7 Å². The van der Waals surface area contributed by atoms with Crippen LogP contribution in [0.2, 0.25) is 0 Å². The number of halogens is 3. The summed E-state index contributed by atoms with van der Waals surface area (Å²) in [4.78, 5) is 35.0. The predicted molar refractivity (Wildman–Crippen MR) is 148 cm³/mol. The molecule has 0 aromatic heterocycles. The van der Waals surface area contributed by atoms with Gasteiger partial charge in [-0.05, 0) is 30.5 Å². The largest absolute Gasteiger partial charge is 0.542 e. The molecule has 0 radical (unpaired) electrons. The van der Waals surface area contributed by atoms with Crippen molar-refractivity contribution >= 4 is 17.8 Å². The molecule has 4 saturated heterocycles. The highest BCUT2D eigenvalue weighted by molar-refractivity contribution is 5.85. The first-order valence-electron chi connectivity index (χ1n) is 14.6. The minimum Gasteiger partial charge on any atom is -0.542 e. The molecule has 2 atom stereocenters. The molecule has 4 heterocycles. The number of aliphatic hydroxyl groups is 1. The fraction of sp³-hybridized carbons (Fsp3) is 0.516. The Kier molecular flexibility index (Phi) is 10.5. The summed E-state index contributed by atoms with van der Waals surface area (Å²) in [5.74, 6) is -3.22. The van der Waals surface area contributed by atoms with Gasteiger partial charge < -0.3 is 34.9 Å². The van der Waals surface area contributed by atoms with Crippen LogP contribution in [0.15, 0.2) is 60.7 Å². The molecule has 0 spiro atoms. The quantitative estimate of drug-likeness (QED) is 0.308. The number of hydrogen-bond acceptors (Lipinski definition) is 7. The number of ether oxygens (including phenoxy) is 1. The van der Waals surface area contributed by atoms with Crippen LogP contribution < -0.4 is 15.7 Å². The minimum absolute atomic E-state index is 0.0757. The van der Waals surface area contributed by atoms with Crippen molar-refractivity contribution in [3.63, 3.8) is 0 Å². The fourth-order valence-corrected chi connectivity index (χ4v) is 6.27. The molecule has 4 aliphatic rings. The number of carboxylic acid groups (broad SMARTS) is 1. The van der Waals surface area contributed by atoms with Gasteiger partial charge in [-0.15, -0.1) is 0 Å². The average molecular weight is 606 g/mol. The smallest absolute Gasteiger partial charge is 0.430 e. The Balaban J connectivity index is 0.000000541. The zero-order valence-corrected chi connectivity index (χ0v) is 23.9. The molecule has 0 saturated carbocycles. The maximum atomic E-state index is 13.7. The van der Waals surface area contributed by atoms with Crippen LogP contribution in [0.1, 0.15) is 43.2 Å². The molecule has 1 amide bonds. The summed E-state index contributed by atoms with van der Waals surface area (Å²) in [5.41, 5.74) is -0.851. The van der Waals surface area contributed by atoms with Gasteiger partial charge in [-0.1, -0.05) is 67.1 Å². The highest BCUT2D eigenvalue weighted by Crippen LogP contribution is 2.38. The first-order chi connectivity index (χ1) is 20.4. The van der Waals surface area contributed by atoms with Gasteiger partial charge in [0.15, 0.2) is 6.10 Å². The van der Waals surface area contributed by atoms with Gasteiger partial charge in [0.25, 0.3) is 0 Å². The van der Waals surface area contributed by atoms with Crippen molar-refractivity contribution in [3.05, 3.63) is 71.8 Å². The lowest BCUT2D eigenvalue weighted by atomic mass is 9.82. The molecule has 2 bridgehead atoms. The van der Waals surface area contributed by atoms with E-state index in [9.17, 15) is 27.9 Å². The number of aliphatic carboxylic acids is 1. The summed E-state index contributed by atoms with van der Waals surface area (Å²) >= 11 is 0. The number of hydrogen-bond donors (Lipinski definition) is 3. The molecule has 6 rings (SSSR count). The lowest BCUT2D eigenvalue weighted by molar-refractivity contribution is -0.945. The number of quaternary nitrogens is 1. The van der Waals surface area contributed by atoms with Crippen molar-refractivity contribution in [3.8, 4) is 0 Å². The number of amides is 1. The standard InChI is InChI=1S/C29H37N3O4.C2HF3O2/c33-27(25-13-7-8-16-30-25)31-17-20-32-18-14-22(15-19-32)26(21-32)36-28(34)29(35,23-9-3-1-4-10-23)24-11-5-2-6-12-24;3-2(4,5)1(6)7/h1-6,9-12,22,25-26,30,35H,7-8,13-21H2;(H,6,7)/t22?,25-,26+,32?;/m1./s1. The van der Waals surface area contributed by atoms with Crippen LogP contribution >= 0.6 is 0 Å². The molecule has 2 aromatic carbocycles. The normalized spacial score (nSPS) is 25.2. The molecule has 43 heavy (non-hydrogen) atoms. The molecule has 2 aromatic rings. The maximum absolute atomic E-state index is 13.7. The van der Waals surface area contributed by atoms with Gasteiger partial charge >= 0.3 is 12.1 Å². The topological polar surface area (TPSA) is 128 Å². The molecule has 4 fully saturated rings. The van der Waals surface area contributed by atoms with E-state index in [2.05, 4.69) is 10.6 Å². The van der Waals surface area contributed by atoms with E-state index in [4.69, 9.17) is 14.6 Å². The molecule has 4 aliphatic heterocycles. The summed E-state index contributed by atoms with van der Waals surface area (Å²) in [6.45, 7) is 5.18. The van der Waals surface area contributed by atoms with E-state index in [1.807, 2.05) is 36.4 Å². The van der Waals surface area contributed by atoms with Gasteiger partial charge in [-0.3, -0.25) is 4.79 Å². The Labute approximate surface area is 248 Å². The average Bonchev–Trinajstić information content (AvgIpc) is 3.02. The number of carbonyl (C=O) groups excluding carboxylic acids is 3. The van der Waals surface area contributed by atoms with E-state index >= 15 is 0 Å². The van der Waals surface area contributed by atoms with Crippen LogP contribution in [-0.2, 0) is 24.7 Å². The zero-order valence-electron chi connectivity index (χ0n) is 23.9. The number of piperidine rings is 4. The molecule has 9 nitrogen and oxygen atoms in total. The second-order valence-corrected chi connectivity index (χ2v) is 11.5. The zero-order chi connectivity index (χ0) is 31.1. The third-order valence-electron chi connectivity index (χ3n) is 8.72. The third-order valence-corrected chi connectivity index (χ3v) is 8.72. The van der Waals surface area contributed by atoms with Crippen LogP contribution in [0.5, 0.6) is 0 Å². The summed E-state index contributed by atoms with van der Waals surface area (Å²) in [6, 6.07) is 18.0. The van der Waals surface area contributed by atoms with Crippen molar-refractivity contribution in [2.75, 3.05) is 39.3 Å². The Hall–Kier alpha value is -3.48. The first kappa shape index (κ1) is 32.4. The van der Waals surface area contributed by atoms with E-state index in [1.54, 1.807) is 24.3 Å². The van der Waals surface area contributed by atoms with Crippen LogP contribution in [0, 0.1) is 5.92 Å². The van der Waals surface area contributed by atoms with E-state index in [1.165, 1.54) is 0 Å². The molecular weight excluding hydrogens is 567 g/mol. The molecule has 0 unspecified atom stereocenters. The Morgan fingerprint density at radius 1 is 0.953 bits per heavy atom. The van der Waals surface area contributed by atoms with Crippen LogP contribution in [0.25, 0.3) is 0 Å². The van der Waals surface area contributed by atoms with E-state index in [0.717, 1.165) is 69.3 Å².